The number of nitrogens with zero attached hydrogens (tertiary/aromatic N) is 1. The molecule has 19 heavy (non-hydrogen) atoms. The van der Waals surface area contributed by atoms with Crippen LogP contribution in [0.3, 0.4) is 0 Å². The number of nitro benzene ring substituents is 1. The van der Waals surface area contributed by atoms with Crippen LogP contribution in [0.2, 0.25) is 0 Å². The summed E-state index contributed by atoms with van der Waals surface area (Å²) < 4.78 is 23.3. The van der Waals surface area contributed by atoms with Crippen molar-refractivity contribution in [3.05, 3.63) is 32.3 Å². The Kier molecular flexibility index (Phi) is 3.82. The quantitative estimate of drug-likeness (QED) is 0.668. The molecule has 8 heteroatoms. The van der Waals surface area contributed by atoms with E-state index in [9.17, 15) is 18.5 Å². The van der Waals surface area contributed by atoms with Crippen molar-refractivity contribution in [2.75, 3.05) is 16.8 Å². The van der Waals surface area contributed by atoms with Crippen molar-refractivity contribution in [3.8, 4) is 0 Å². The van der Waals surface area contributed by atoms with E-state index in [4.69, 9.17) is 0 Å². The average Bonchev–Trinajstić information content (AvgIpc) is 2.62. The second-order valence-electron chi connectivity index (χ2n) is 4.62. The maximum absolute atomic E-state index is 11.4. The molecule has 0 radical (unpaired) electrons. The van der Waals surface area contributed by atoms with Gasteiger partial charge >= 0.3 is 0 Å². The van der Waals surface area contributed by atoms with E-state index in [2.05, 4.69) is 21.2 Å². The van der Waals surface area contributed by atoms with Crippen LogP contribution in [0.1, 0.15) is 12.0 Å². The average molecular weight is 349 g/mol. The Morgan fingerprint density at radius 3 is 2.68 bits per heavy atom. The summed E-state index contributed by atoms with van der Waals surface area (Å²) >= 11 is 3.27. The summed E-state index contributed by atoms with van der Waals surface area (Å²) in [5.74, 6) is 0.295. The van der Waals surface area contributed by atoms with Gasteiger partial charge in [-0.2, -0.15) is 0 Å². The number of nitrogens with one attached hydrogen (secondary N) is 1. The van der Waals surface area contributed by atoms with Crippen molar-refractivity contribution < 1.29 is 13.3 Å². The molecule has 1 aromatic carbocycles. The first-order chi connectivity index (χ1) is 8.78. The highest BCUT2D eigenvalue weighted by Gasteiger charge is 2.28. The highest BCUT2D eigenvalue weighted by molar-refractivity contribution is 9.10. The van der Waals surface area contributed by atoms with Gasteiger partial charge in [-0.25, -0.2) is 8.42 Å². The Morgan fingerprint density at radius 1 is 1.47 bits per heavy atom. The highest BCUT2D eigenvalue weighted by Crippen LogP contribution is 2.32. The lowest BCUT2D eigenvalue weighted by atomic mass is 10.1. The van der Waals surface area contributed by atoms with Crippen LogP contribution in [0.5, 0.6) is 0 Å². The Hall–Kier alpha value is -1.15. The van der Waals surface area contributed by atoms with E-state index in [1.54, 1.807) is 13.0 Å². The summed E-state index contributed by atoms with van der Waals surface area (Å²) in [6.45, 7) is 1.65. The Balaban J connectivity index is 2.22. The Bertz CT molecular complexity index is 630. The van der Waals surface area contributed by atoms with Gasteiger partial charge in [-0.05, 0) is 35.3 Å². The molecular weight excluding hydrogens is 336 g/mol. The minimum atomic E-state index is -2.95. The molecule has 1 unspecified atom stereocenters. The predicted molar refractivity (Wildman–Crippen MR) is 76.2 cm³/mol. The van der Waals surface area contributed by atoms with Gasteiger partial charge in [0.2, 0.25) is 0 Å². The first kappa shape index (κ1) is 14.3. The largest absolute Gasteiger partial charge is 0.380 e. The first-order valence-electron chi connectivity index (χ1n) is 5.70. The fourth-order valence-corrected chi connectivity index (χ4v) is 4.23. The number of benzene rings is 1. The molecule has 6 nitrogen and oxygen atoms in total. The van der Waals surface area contributed by atoms with Crippen LogP contribution in [0, 0.1) is 17.0 Å². The SMILES string of the molecule is Cc1cc(NC2CCS(=O)(=O)C2)c(Br)cc1[N+](=O)[O-]. The zero-order valence-corrected chi connectivity index (χ0v) is 12.6. The fraction of sp³-hybridized carbons (Fsp3) is 0.455. The standard InChI is InChI=1S/C11H13BrN2O4S/c1-7-4-10(9(12)5-11(7)14(15)16)13-8-2-3-19(17,18)6-8/h4-5,8,13H,2-3,6H2,1H3. The van der Waals surface area contributed by atoms with Crippen molar-refractivity contribution in [2.45, 2.75) is 19.4 Å². The van der Waals surface area contributed by atoms with E-state index < -0.39 is 14.8 Å². The number of anilines is 1. The number of aryl methyl sites for hydroxylation is 1. The van der Waals surface area contributed by atoms with Crippen molar-refractivity contribution >= 4 is 37.1 Å². The van der Waals surface area contributed by atoms with E-state index in [1.807, 2.05) is 0 Å². The summed E-state index contributed by atoms with van der Waals surface area (Å²) in [4.78, 5) is 10.4. The zero-order chi connectivity index (χ0) is 14.2. The smallest absolute Gasteiger partial charge is 0.273 e. The summed E-state index contributed by atoms with van der Waals surface area (Å²) in [6.07, 6.45) is 0.560. The highest BCUT2D eigenvalue weighted by atomic mass is 79.9. The van der Waals surface area contributed by atoms with E-state index in [-0.39, 0.29) is 23.2 Å². The molecule has 1 aliphatic heterocycles. The normalized spacial score (nSPS) is 21.3. The molecule has 1 saturated heterocycles. The van der Waals surface area contributed by atoms with Crippen LogP contribution >= 0.6 is 15.9 Å². The molecule has 1 heterocycles. The maximum Gasteiger partial charge on any atom is 0.273 e. The lowest BCUT2D eigenvalue weighted by Crippen LogP contribution is -2.20. The minimum absolute atomic E-state index is 0.0384. The molecule has 1 aliphatic rings. The van der Waals surface area contributed by atoms with E-state index in [0.717, 1.165) is 0 Å². The predicted octanol–water partition coefficient (Wildman–Crippen LogP) is 2.26. The number of halogens is 1. The monoisotopic (exact) mass is 348 g/mol. The lowest BCUT2D eigenvalue weighted by Gasteiger charge is -2.14. The molecule has 104 valence electrons. The van der Waals surface area contributed by atoms with E-state index in [1.165, 1.54) is 6.07 Å². The van der Waals surface area contributed by atoms with Gasteiger partial charge in [-0.3, -0.25) is 10.1 Å². The summed E-state index contributed by atoms with van der Waals surface area (Å²) in [7, 11) is -2.95. The van der Waals surface area contributed by atoms with Crippen molar-refractivity contribution in [3.63, 3.8) is 0 Å². The van der Waals surface area contributed by atoms with E-state index >= 15 is 0 Å². The van der Waals surface area contributed by atoms with Gasteiger partial charge in [0.05, 0.1) is 16.4 Å². The number of nitro groups is 1. The third-order valence-corrected chi connectivity index (χ3v) is 5.50. The molecular formula is C11H13BrN2O4S. The lowest BCUT2D eigenvalue weighted by molar-refractivity contribution is -0.385. The van der Waals surface area contributed by atoms with Gasteiger partial charge in [0.1, 0.15) is 0 Å². The molecule has 1 N–H and O–H groups in total. The Labute approximate surface area is 119 Å². The number of hydrogen-bond acceptors (Lipinski definition) is 5. The molecule has 0 aliphatic carbocycles. The fourth-order valence-electron chi connectivity index (χ4n) is 2.11. The second kappa shape index (κ2) is 5.09. The van der Waals surface area contributed by atoms with Crippen molar-refractivity contribution in [2.24, 2.45) is 0 Å². The number of hydrogen-bond donors (Lipinski definition) is 1. The van der Waals surface area contributed by atoms with Gasteiger partial charge in [-0.1, -0.05) is 0 Å². The maximum atomic E-state index is 11.4. The molecule has 1 fully saturated rings. The van der Waals surface area contributed by atoms with Gasteiger partial charge in [-0.15, -0.1) is 0 Å². The summed E-state index contributed by atoms with van der Waals surface area (Å²) in [6, 6.07) is 2.95. The van der Waals surface area contributed by atoms with Crippen molar-refractivity contribution in [1.29, 1.82) is 0 Å². The third-order valence-electron chi connectivity index (χ3n) is 3.07. The zero-order valence-electron chi connectivity index (χ0n) is 10.2. The van der Waals surface area contributed by atoms with Crippen LogP contribution in [0.15, 0.2) is 16.6 Å². The molecule has 0 amide bonds. The third kappa shape index (κ3) is 3.24. The molecule has 0 saturated carbocycles. The summed E-state index contributed by atoms with van der Waals surface area (Å²) in [5, 5.41) is 13.9. The van der Waals surface area contributed by atoms with Crippen LogP contribution < -0.4 is 5.32 Å². The van der Waals surface area contributed by atoms with Gasteiger partial charge in [0.15, 0.2) is 9.84 Å². The van der Waals surface area contributed by atoms with Gasteiger partial charge in [0, 0.05) is 27.8 Å². The first-order valence-corrected chi connectivity index (χ1v) is 8.31. The molecule has 1 aromatic rings. The van der Waals surface area contributed by atoms with Crippen LogP contribution in [-0.4, -0.2) is 30.9 Å². The molecule has 0 spiro atoms. The van der Waals surface area contributed by atoms with Crippen molar-refractivity contribution in [1.82, 2.24) is 0 Å². The topological polar surface area (TPSA) is 89.3 Å². The molecule has 2 rings (SSSR count). The van der Waals surface area contributed by atoms with Gasteiger partial charge in [0.25, 0.3) is 5.69 Å². The molecule has 0 bridgehead atoms. The van der Waals surface area contributed by atoms with Crippen LogP contribution in [0.25, 0.3) is 0 Å². The van der Waals surface area contributed by atoms with E-state index in [0.29, 0.717) is 22.1 Å². The molecule has 1 atom stereocenters. The minimum Gasteiger partial charge on any atom is -0.380 e. The number of rotatable bonds is 3. The Morgan fingerprint density at radius 2 is 2.16 bits per heavy atom. The second-order valence-corrected chi connectivity index (χ2v) is 7.70. The molecule has 0 aromatic heterocycles. The summed E-state index contributed by atoms with van der Waals surface area (Å²) in [5.41, 5.74) is 1.26. The van der Waals surface area contributed by atoms with Crippen LogP contribution in [-0.2, 0) is 9.84 Å². The van der Waals surface area contributed by atoms with Gasteiger partial charge < -0.3 is 5.32 Å². The number of sulfone groups is 1. The van der Waals surface area contributed by atoms with Crippen LogP contribution in [0.4, 0.5) is 11.4 Å².